The highest BCUT2D eigenvalue weighted by atomic mass is 16.6. The lowest BCUT2D eigenvalue weighted by Gasteiger charge is -2.12. The van der Waals surface area contributed by atoms with Crippen LogP contribution in [0, 0.1) is 5.92 Å². The van der Waals surface area contributed by atoms with Gasteiger partial charge in [-0.05, 0) is 20.3 Å². The van der Waals surface area contributed by atoms with Crippen molar-refractivity contribution in [1.82, 2.24) is 0 Å². The summed E-state index contributed by atoms with van der Waals surface area (Å²) in [4.78, 5) is 11.4. The van der Waals surface area contributed by atoms with E-state index in [4.69, 9.17) is 14.6 Å². The van der Waals surface area contributed by atoms with Gasteiger partial charge in [0.1, 0.15) is 6.10 Å². The zero-order chi connectivity index (χ0) is 12.1. The van der Waals surface area contributed by atoms with Crippen molar-refractivity contribution in [1.29, 1.82) is 0 Å². The molecule has 5 nitrogen and oxygen atoms in total. The van der Waals surface area contributed by atoms with Crippen molar-refractivity contribution < 1.29 is 24.5 Å². The van der Waals surface area contributed by atoms with Gasteiger partial charge in [-0.25, -0.2) is 0 Å². The minimum absolute atomic E-state index is 0.112. The molecule has 0 amide bonds. The van der Waals surface area contributed by atoms with Gasteiger partial charge in [0.25, 0.3) is 0 Å². The van der Waals surface area contributed by atoms with Crippen LogP contribution in [0.2, 0.25) is 0 Å². The third-order valence-electron chi connectivity index (χ3n) is 2.55. The van der Waals surface area contributed by atoms with Crippen LogP contribution in [0.3, 0.4) is 0 Å². The third-order valence-corrected chi connectivity index (χ3v) is 2.55. The molecule has 0 aromatic heterocycles. The molecule has 2 N–H and O–H groups in total. The molecule has 1 aliphatic heterocycles. The molecule has 3 unspecified atom stereocenters. The SMILES string of the molecule is CC(C)OCC1CC(CC(O)CO)C(=O)O1. The molecule has 1 heterocycles. The second-order valence-corrected chi connectivity index (χ2v) is 4.45. The number of carbonyl (C=O) groups is 1. The Morgan fingerprint density at radius 2 is 2.25 bits per heavy atom. The van der Waals surface area contributed by atoms with Crippen LogP contribution in [0.4, 0.5) is 0 Å². The Morgan fingerprint density at radius 1 is 1.56 bits per heavy atom. The Morgan fingerprint density at radius 3 is 2.81 bits per heavy atom. The van der Waals surface area contributed by atoms with E-state index < -0.39 is 6.10 Å². The van der Waals surface area contributed by atoms with Crippen LogP contribution in [-0.2, 0) is 14.3 Å². The molecule has 0 radical (unpaired) electrons. The standard InChI is InChI=1S/C11H20O5/c1-7(2)15-6-10-4-8(11(14)16-10)3-9(13)5-12/h7-10,12-13H,3-6H2,1-2H3. The molecule has 94 valence electrons. The summed E-state index contributed by atoms with van der Waals surface area (Å²) in [6.45, 7) is 3.92. The van der Waals surface area contributed by atoms with Crippen LogP contribution in [0.1, 0.15) is 26.7 Å². The molecular formula is C11H20O5. The lowest BCUT2D eigenvalue weighted by Crippen LogP contribution is -2.20. The first-order chi connectivity index (χ1) is 7.52. The number of rotatable bonds is 6. The molecule has 1 aliphatic rings. The van der Waals surface area contributed by atoms with E-state index >= 15 is 0 Å². The fraction of sp³-hybridized carbons (Fsp3) is 0.909. The minimum Gasteiger partial charge on any atom is -0.460 e. The van der Waals surface area contributed by atoms with E-state index in [2.05, 4.69) is 0 Å². The zero-order valence-corrected chi connectivity index (χ0v) is 9.76. The van der Waals surface area contributed by atoms with E-state index in [1.807, 2.05) is 13.8 Å². The molecule has 1 rings (SSSR count). The van der Waals surface area contributed by atoms with Gasteiger partial charge in [-0.2, -0.15) is 0 Å². The second-order valence-electron chi connectivity index (χ2n) is 4.45. The highest BCUT2D eigenvalue weighted by molar-refractivity contribution is 5.74. The van der Waals surface area contributed by atoms with E-state index in [9.17, 15) is 9.90 Å². The number of ether oxygens (including phenoxy) is 2. The number of hydrogen-bond donors (Lipinski definition) is 2. The Labute approximate surface area is 95.4 Å². The van der Waals surface area contributed by atoms with Crippen molar-refractivity contribution in [3.8, 4) is 0 Å². The first-order valence-electron chi connectivity index (χ1n) is 5.64. The fourth-order valence-electron chi connectivity index (χ4n) is 1.72. The molecular weight excluding hydrogens is 212 g/mol. The lowest BCUT2D eigenvalue weighted by atomic mass is 9.98. The summed E-state index contributed by atoms with van der Waals surface area (Å²) in [5.41, 5.74) is 0. The maximum Gasteiger partial charge on any atom is 0.309 e. The lowest BCUT2D eigenvalue weighted by molar-refractivity contribution is -0.147. The van der Waals surface area contributed by atoms with Crippen LogP contribution in [-0.4, -0.2) is 47.7 Å². The molecule has 0 bridgehead atoms. The third kappa shape index (κ3) is 4.08. The molecule has 3 atom stereocenters. The average molecular weight is 232 g/mol. The van der Waals surface area contributed by atoms with Crippen molar-refractivity contribution in [2.24, 2.45) is 5.92 Å². The van der Waals surface area contributed by atoms with Crippen LogP contribution < -0.4 is 0 Å². The van der Waals surface area contributed by atoms with Crippen molar-refractivity contribution in [3.05, 3.63) is 0 Å². The predicted molar refractivity (Wildman–Crippen MR) is 56.8 cm³/mol. The quantitative estimate of drug-likeness (QED) is 0.635. The molecule has 0 spiro atoms. The van der Waals surface area contributed by atoms with Crippen molar-refractivity contribution in [2.45, 2.75) is 45.0 Å². The molecule has 1 saturated heterocycles. The predicted octanol–water partition coefficient (Wildman–Crippen LogP) is 0.0864. The zero-order valence-electron chi connectivity index (χ0n) is 9.76. The normalized spacial score (nSPS) is 27.2. The van der Waals surface area contributed by atoms with Crippen LogP contribution in [0.15, 0.2) is 0 Å². The topological polar surface area (TPSA) is 76.0 Å². The second kappa shape index (κ2) is 6.18. The van der Waals surface area contributed by atoms with Crippen molar-refractivity contribution in [2.75, 3.05) is 13.2 Å². The van der Waals surface area contributed by atoms with Crippen molar-refractivity contribution >= 4 is 5.97 Å². The van der Waals surface area contributed by atoms with Crippen LogP contribution in [0.25, 0.3) is 0 Å². The van der Waals surface area contributed by atoms with E-state index in [1.54, 1.807) is 0 Å². The maximum absolute atomic E-state index is 11.4. The van der Waals surface area contributed by atoms with E-state index in [0.717, 1.165) is 0 Å². The Bertz CT molecular complexity index is 228. The van der Waals surface area contributed by atoms with Gasteiger partial charge in [-0.3, -0.25) is 4.79 Å². The summed E-state index contributed by atoms with van der Waals surface area (Å²) in [5.74, 6) is -0.618. The van der Waals surface area contributed by atoms with E-state index in [-0.39, 0.29) is 37.1 Å². The van der Waals surface area contributed by atoms with Gasteiger partial charge in [0.05, 0.1) is 31.3 Å². The fourth-order valence-corrected chi connectivity index (χ4v) is 1.72. The van der Waals surface area contributed by atoms with Gasteiger partial charge in [-0.1, -0.05) is 0 Å². The average Bonchev–Trinajstić information content (AvgIpc) is 2.56. The summed E-state index contributed by atoms with van der Waals surface area (Å²) in [6, 6.07) is 0. The molecule has 5 heteroatoms. The van der Waals surface area contributed by atoms with Crippen LogP contribution in [0.5, 0.6) is 0 Å². The number of carbonyl (C=O) groups excluding carboxylic acids is 1. The summed E-state index contributed by atoms with van der Waals surface area (Å²) in [7, 11) is 0. The van der Waals surface area contributed by atoms with Gasteiger partial charge in [0, 0.05) is 6.42 Å². The minimum atomic E-state index is -0.845. The number of cyclic esters (lactones) is 1. The summed E-state index contributed by atoms with van der Waals surface area (Å²) in [5, 5.41) is 17.9. The molecule has 0 aliphatic carbocycles. The number of aliphatic hydroxyl groups excluding tert-OH is 2. The van der Waals surface area contributed by atoms with Gasteiger partial charge in [0.15, 0.2) is 0 Å². The molecule has 1 fully saturated rings. The number of esters is 1. The van der Waals surface area contributed by atoms with Crippen molar-refractivity contribution in [3.63, 3.8) is 0 Å². The van der Waals surface area contributed by atoms with E-state index in [0.29, 0.717) is 13.0 Å². The Kier molecular flexibility index (Phi) is 5.18. The number of hydrogen-bond acceptors (Lipinski definition) is 5. The monoisotopic (exact) mass is 232 g/mol. The van der Waals surface area contributed by atoms with Gasteiger partial charge in [0.2, 0.25) is 0 Å². The summed E-state index contributed by atoms with van der Waals surface area (Å²) >= 11 is 0. The first-order valence-corrected chi connectivity index (χ1v) is 5.64. The highest BCUT2D eigenvalue weighted by Gasteiger charge is 2.35. The first kappa shape index (κ1) is 13.4. The Balaban J connectivity index is 2.32. The number of aliphatic hydroxyl groups is 2. The summed E-state index contributed by atoms with van der Waals surface area (Å²) < 4.78 is 10.5. The maximum atomic E-state index is 11.4. The molecule has 0 aromatic carbocycles. The molecule has 0 saturated carbocycles. The van der Waals surface area contributed by atoms with Gasteiger partial charge >= 0.3 is 5.97 Å². The van der Waals surface area contributed by atoms with Gasteiger partial charge in [-0.15, -0.1) is 0 Å². The van der Waals surface area contributed by atoms with E-state index in [1.165, 1.54) is 0 Å². The highest BCUT2D eigenvalue weighted by Crippen LogP contribution is 2.25. The Hall–Kier alpha value is -0.650. The largest absolute Gasteiger partial charge is 0.460 e. The molecule has 0 aromatic rings. The smallest absolute Gasteiger partial charge is 0.309 e. The van der Waals surface area contributed by atoms with Crippen LogP contribution >= 0.6 is 0 Å². The van der Waals surface area contributed by atoms with Gasteiger partial charge < -0.3 is 19.7 Å². The summed E-state index contributed by atoms with van der Waals surface area (Å²) in [6.07, 6.45) is -0.134. The molecule has 16 heavy (non-hydrogen) atoms.